The summed E-state index contributed by atoms with van der Waals surface area (Å²) >= 11 is 0. The van der Waals surface area contributed by atoms with E-state index >= 15 is 0 Å². The van der Waals surface area contributed by atoms with E-state index < -0.39 is 29.1 Å². The minimum absolute atomic E-state index is 0.00855. The molecule has 0 radical (unpaired) electrons. The second-order valence-corrected chi connectivity index (χ2v) is 5.08. The summed E-state index contributed by atoms with van der Waals surface area (Å²) in [5, 5.41) is 12.7. The average Bonchev–Trinajstić information content (AvgIpc) is 2.69. The Morgan fingerprint density at radius 2 is 1.91 bits per heavy atom. The number of nitriles is 1. The molecule has 1 heterocycles. The number of carbonyl (C=O) groups excluding carboxylic acids is 2. The number of alkyl halides is 3. The molecule has 0 saturated heterocycles. The van der Waals surface area contributed by atoms with Crippen molar-refractivity contribution in [1.29, 1.82) is 5.26 Å². The van der Waals surface area contributed by atoms with E-state index in [2.05, 4.69) is 0 Å². The van der Waals surface area contributed by atoms with Gasteiger partial charge in [0.25, 0.3) is 17.4 Å². The smallest absolute Gasteiger partial charge is 0.326 e. The highest BCUT2D eigenvalue weighted by Gasteiger charge is 2.67. The number of allylic oxidation sites excluding steroid dienone is 1. The van der Waals surface area contributed by atoms with Gasteiger partial charge < -0.3 is 10.6 Å². The maximum Gasteiger partial charge on any atom is 0.425 e. The van der Waals surface area contributed by atoms with E-state index in [9.17, 15) is 22.8 Å². The minimum atomic E-state index is -5.17. The number of nitrogens with zero attached hydrogens (tertiary/aromatic N) is 1. The lowest BCUT2D eigenvalue weighted by Crippen LogP contribution is -2.64. The quantitative estimate of drug-likeness (QED) is 0.873. The number of hydrogen-bond donors (Lipinski definition) is 2. The van der Waals surface area contributed by atoms with Gasteiger partial charge >= 0.3 is 6.18 Å². The Balaban J connectivity index is 2.55. The third kappa shape index (κ3) is 2.44. The molecule has 23 heavy (non-hydrogen) atoms. The fourth-order valence-electron chi connectivity index (χ4n) is 2.41. The Labute approximate surface area is 129 Å². The Bertz CT molecular complexity index is 762. The predicted molar refractivity (Wildman–Crippen MR) is 73.9 cm³/mol. The number of aryl methyl sites for hydroxylation is 1. The van der Waals surface area contributed by atoms with E-state index in [1.54, 1.807) is 24.4 Å². The molecule has 1 aliphatic rings. The second kappa shape index (κ2) is 5.43. The summed E-state index contributed by atoms with van der Waals surface area (Å²) < 4.78 is 40.8. The van der Waals surface area contributed by atoms with Crippen LogP contribution in [0.3, 0.4) is 0 Å². The van der Waals surface area contributed by atoms with Gasteiger partial charge in [-0.15, -0.1) is 0 Å². The van der Waals surface area contributed by atoms with Crippen LogP contribution in [-0.4, -0.2) is 23.5 Å². The summed E-state index contributed by atoms with van der Waals surface area (Å²) in [7, 11) is 0. The first-order chi connectivity index (χ1) is 10.6. The summed E-state index contributed by atoms with van der Waals surface area (Å²) in [6.45, 7) is 2.72. The summed E-state index contributed by atoms with van der Waals surface area (Å²) in [4.78, 5) is 24.2. The van der Waals surface area contributed by atoms with Crippen molar-refractivity contribution in [2.75, 3.05) is 0 Å². The first kappa shape index (κ1) is 16.5. The fourth-order valence-corrected chi connectivity index (χ4v) is 2.41. The molecule has 1 aliphatic heterocycles. The average molecular weight is 323 g/mol. The van der Waals surface area contributed by atoms with Crippen LogP contribution in [0.25, 0.3) is 0 Å². The molecule has 2 N–H and O–H groups in total. The Morgan fingerprint density at radius 3 is 2.43 bits per heavy atom. The van der Waals surface area contributed by atoms with Crippen LogP contribution in [0.15, 0.2) is 35.5 Å². The van der Waals surface area contributed by atoms with Crippen LogP contribution >= 0.6 is 0 Å². The lowest BCUT2D eigenvalue weighted by molar-refractivity contribution is -0.184. The number of rotatable bonds is 2. The number of halogens is 3. The molecule has 1 aromatic carbocycles. The highest BCUT2D eigenvalue weighted by atomic mass is 19.4. The zero-order valence-electron chi connectivity index (χ0n) is 12.2. The third-order valence-corrected chi connectivity index (χ3v) is 3.62. The molecule has 2 amide bonds. The second-order valence-electron chi connectivity index (χ2n) is 5.08. The van der Waals surface area contributed by atoms with Crippen molar-refractivity contribution in [3.63, 3.8) is 0 Å². The lowest BCUT2D eigenvalue weighted by atomic mass is 9.89. The molecule has 8 heteroatoms. The lowest BCUT2D eigenvalue weighted by Gasteiger charge is -2.30. The topological polar surface area (TPSA) is 82.0 Å². The van der Waals surface area contributed by atoms with Gasteiger partial charge in [-0.3, -0.25) is 9.59 Å². The number of amides is 2. The van der Waals surface area contributed by atoms with Crippen molar-refractivity contribution >= 4 is 11.8 Å². The molecular formula is C15H12F3N3O2. The van der Waals surface area contributed by atoms with Gasteiger partial charge in [0, 0.05) is 11.3 Å². The van der Waals surface area contributed by atoms with E-state index in [4.69, 9.17) is 5.26 Å². The minimum Gasteiger partial charge on any atom is -0.326 e. The Morgan fingerprint density at radius 1 is 1.30 bits per heavy atom. The van der Waals surface area contributed by atoms with Crippen molar-refractivity contribution in [1.82, 2.24) is 10.6 Å². The number of nitrogens with one attached hydrogen (secondary N) is 2. The monoisotopic (exact) mass is 323 g/mol. The number of hydrogen-bond acceptors (Lipinski definition) is 3. The summed E-state index contributed by atoms with van der Waals surface area (Å²) in [6.07, 6.45) is -5.17. The maximum absolute atomic E-state index is 13.6. The van der Waals surface area contributed by atoms with E-state index in [0.29, 0.717) is 5.56 Å². The van der Waals surface area contributed by atoms with Crippen molar-refractivity contribution in [2.24, 2.45) is 0 Å². The molecule has 2 rings (SSSR count). The van der Waals surface area contributed by atoms with Gasteiger partial charge in [0.2, 0.25) is 0 Å². The van der Waals surface area contributed by atoms with Crippen LogP contribution in [0, 0.1) is 18.3 Å². The van der Waals surface area contributed by atoms with Crippen molar-refractivity contribution in [2.45, 2.75) is 25.6 Å². The number of benzene rings is 1. The van der Waals surface area contributed by atoms with Gasteiger partial charge in [0.1, 0.15) is 0 Å². The molecule has 5 nitrogen and oxygen atoms in total. The van der Waals surface area contributed by atoms with E-state index in [0.717, 1.165) is 0 Å². The number of carbonyl (C=O) groups is 2. The molecule has 0 aliphatic carbocycles. The highest BCUT2D eigenvalue weighted by molar-refractivity contribution is 6.05. The standard InChI is InChI=1S/C15H12F3N3O2/c1-8-5-3-4-6-10(8)12(22)21-14(15(16,17)18)11(7-19)9(2)20-13(14)23/h3-6H,1-2H3,(H,20,23)(H,21,22)/t14-/m0/s1. The first-order valence-corrected chi connectivity index (χ1v) is 6.53. The van der Waals surface area contributed by atoms with Gasteiger partial charge in [-0.05, 0) is 25.5 Å². The Hall–Kier alpha value is -2.82. The molecule has 0 saturated carbocycles. The van der Waals surface area contributed by atoms with Crippen molar-refractivity contribution in [3.8, 4) is 6.07 Å². The molecule has 0 bridgehead atoms. The molecular weight excluding hydrogens is 311 g/mol. The zero-order chi connectivity index (χ0) is 17.4. The fraction of sp³-hybridized carbons (Fsp3) is 0.267. The van der Waals surface area contributed by atoms with Crippen LogP contribution in [-0.2, 0) is 4.79 Å². The largest absolute Gasteiger partial charge is 0.425 e. The molecule has 0 fully saturated rings. The molecule has 0 spiro atoms. The van der Waals surface area contributed by atoms with E-state index in [1.165, 1.54) is 25.1 Å². The molecule has 120 valence electrons. The van der Waals surface area contributed by atoms with Gasteiger partial charge in [0.05, 0.1) is 11.6 Å². The van der Waals surface area contributed by atoms with Crippen molar-refractivity contribution in [3.05, 3.63) is 46.7 Å². The first-order valence-electron chi connectivity index (χ1n) is 6.53. The van der Waals surface area contributed by atoms with Gasteiger partial charge in [-0.2, -0.15) is 18.4 Å². The predicted octanol–water partition coefficient (Wildman–Crippen LogP) is 1.95. The molecule has 0 unspecified atom stereocenters. The third-order valence-electron chi connectivity index (χ3n) is 3.62. The zero-order valence-corrected chi connectivity index (χ0v) is 12.2. The van der Waals surface area contributed by atoms with Gasteiger partial charge in [-0.1, -0.05) is 18.2 Å². The maximum atomic E-state index is 13.6. The van der Waals surface area contributed by atoms with Crippen LogP contribution in [0.2, 0.25) is 0 Å². The van der Waals surface area contributed by atoms with Crippen LogP contribution in [0.1, 0.15) is 22.8 Å². The summed E-state index contributed by atoms with van der Waals surface area (Å²) in [6, 6.07) is 7.38. The SMILES string of the molecule is CC1=C(C#N)[C@@](NC(=O)c2ccccc2C)(C(F)(F)F)C(=O)N1. The van der Waals surface area contributed by atoms with Gasteiger partial charge in [0.15, 0.2) is 0 Å². The summed E-state index contributed by atoms with van der Waals surface area (Å²) in [5.74, 6) is -2.58. The van der Waals surface area contributed by atoms with Gasteiger partial charge in [-0.25, -0.2) is 0 Å². The summed E-state index contributed by atoms with van der Waals surface area (Å²) in [5.41, 5.74) is -4.05. The van der Waals surface area contributed by atoms with Crippen LogP contribution in [0.5, 0.6) is 0 Å². The van der Waals surface area contributed by atoms with Crippen LogP contribution < -0.4 is 10.6 Å². The van der Waals surface area contributed by atoms with E-state index in [1.807, 2.05) is 5.32 Å². The Kier molecular flexibility index (Phi) is 3.90. The van der Waals surface area contributed by atoms with Crippen molar-refractivity contribution < 1.29 is 22.8 Å². The van der Waals surface area contributed by atoms with Crippen LogP contribution in [0.4, 0.5) is 13.2 Å². The van der Waals surface area contributed by atoms with E-state index in [-0.39, 0.29) is 11.3 Å². The molecule has 0 aromatic heterocycles. The normalized spacial score (nSPS) is 21.0. The highest BCUT2D eigenvalue weighted by Crippen LogP contribution is 2.40. The molecule has 1 aromatic rings. The molecule has 1 atom stereocenters.